The molecule has 0 bridgehead atoms. The lowest BCUT2D eigenvalue weighted by Crippen LogP contribution is -2.37. The second-order valence-electron chi connectivity index (χ2n) is 7.33. The van der Waals surface area contributed by atoms with E-state index in [1.807, 2.05) is 0 Å². The van der Waals surface area contributed by atoms with Gasteiger partial charge in [0.1, 0.15) is 0 Å². The molecule has 4 rings (SSSR count). The number of fused-ring (bicyclic) bond motifs is 2. The normalized spacial score (nSPS) is 26.5. The fraction of sp³-hybridized carbons (Fsp3) is 0.500. The second-order valence-corrected chi connectivity index (χ2v) is 9.27. The van der Waals surface area contributed by atoms with E-state index in [1.54, 1.807) is 36.5 Å². The SMILES string of the molecule is COC[C@@]12COC[C@@H]1CN(S(=O)(=O)c1ccc3[nH]c(=O)cc(C)c3c1)C2. The molecule has 0 spiro atoms. The van der Waals surface area contributed by atoms with Crippen LogP contribution in [0.25, 0.3) is 10.9 Å². The predicted octanol–water partition coefficient (Wildman–Crippen LogP) is 1.12. The number of nitrogens with zero attached hydrogens (tertiary/aromatic N) is 1. The van der Waals surface area contributed by atoms with Crippen LogP contribution in [0.2, 0.25) is 0 Å². The van der Waals surface area contributed by atoms with E-state index >= 15 is 0 Å². The van der Waals surface area contributed by atoms with Crippen molar-refractivity contribution in [2.75, 3.05) is 40.0 Å². The maximum Gasteiger partial charge on any atom is 0.248 e. The molecule has 2 aromatic rings. The van der Waals surface area contributed by atoms with E-state index in [0.717, 1.165) is 10.9 Å². The van der Waals surface area contributed by atoms with Gasteiger partial charge in [0, 0.05) is 48.5 Å². The third-order valence-electron chi connectivity index (χ3n) is 5.58. The van der Waals surface area contributed by atoms with E-state index in [2.05, 4.69) is 4.98 Å². The number of H-pyrrole nitrogens is 1. The number of aryl methyl sites for hydroxylation is 1. The minimum atomic E-state index is -3.63. The summed E-state index contributed by atoms with van der Waals surface area (Å²) >= 11 is 0. The van der Waals surface area contributed by atoms with E-state index in [4.69, 9.17) is 9.47 Å². The Hall–Kier alpha value is -1.74. The minimum Gasteiger partial charge on any atom is -0.384 e. The van der Waals surface area contributed by atoms with Crippen LogP contribution in [-0.2, 0) is 19.5 Å². The molecule has 3 heterocycles. The van der Waals surface area contributed by atoms with Crippen LogP contribution in [0.15, 0.2) is 34.0 Å². The van der Waals surface area contributed by atoms with E-state index in [0.29, 0.717) is 38.4 Å². The summed E-state index contributed by atoms with van der Waals surface area (Å²) in [5.41, 5.74) is 0.930. The first kappa shape index (κ1) is 17.7. The monoisotopic (exact) mass is 378 g/mol. The average molecular weight is 378 g/mol. The van der Waals surface area contributed by atoms with Crippen molar-refractivity contribution in [3.63, 3.8) is 0 Å². The highest BCUT2D eigenvalue weighted by molar-refractivity contribution is 7.89. The number of aromatic amines is 1. The molecule has 2 aliphatic heterocycles. The summed E-state index contributed by atoms with van der Waals surface area (Å²) < 4.78 is 38.9. The Balaban J connectivity index is 1.71. The van der Waals surface area contributed by atoms with Crippen molar-refractivity contribution in [2.45, 2.75) is 11.8 Å². The molecule has 1 aromatic heterocycles. The molecule has 8 heteroatoms. The topological polar surface area (TPSA) is 88.7 Å². The molecule has 0 aliphatic carbocycles. The van der Waals surface area contributed by atoms with Crippen molar-refractivity contribution in [3.05, 3.63) is 40.2 Å². The minimum absolute atomic E-state index is 0.149. The molecular formula is C18H22N2O5S. The van der Waals surface area contributed by atoms with E-state index in [1.165, 1.54) is 6.07 Å². The third kappa shape index (κ3) is 2.68. The highest BCUT2D eigenvalue weighted by Crippen LogP contribution is 2.43. The molecule has 1 aromatic carbocycles. The molecule has 1 N–H and O–H groups in total. The standard InChI is InChI=1S/C18H22N2O5S/c1-12-5-17(21)19-16-4-3-14(6-15(12)16)26(22,23)20-7-13-8-25-11-18(13,9-20)10-24-2/h3-6,13H,7-11H2,1-2H3,(H,19,21)/t13-,18-/m0/s1. The van der Waals surface area contributed by atoms with Gasteiger partial charge in [-0.15, -0.1) is 0 Å². The molecule has 140 valence electrons. The number of hydrogen-bond acceptors (Lipinski definition) is 5. The van der Waals surface area contributed by atoms with Crippen LogP contribution >= 0.6 is 0 Å². The zero-order valence-electron chi connectivity index (χ0n) is 14.8. The van der Waals surface area contributed by atoms with Gasteiger partial charge < -0.3 is 14.5 Å². The fourth-order valence-corrected chi connectivity index (χ4v) is 5.78. The van der Waals surface area contributed by atoms with Crippen molar-refractivity contribution < 1.29 is 17.9 Å². The van der Waals surface area contributed by atoms with E-state index in [-0.39, 0.29) is 21.8 Å². The average Bonchev–Trinajstić information content (AvgIpc) is 3.12. The van der Waals surface area contributed by atoms with Crippen LogP contribution in [0.3, 0.4) is 0 Å². The summed E-state index contributed by atoms with van der Waals surface area (Å²) in [6.45, 7) is 4.22. The van der Waals surface area contributed by atoms with Gasteiger partial charge in [0.15, 0.2) is 0 Å². The molecule has 0 saturated carbocycles. The van der Waals surface area contributed by atoms with Gasteiger partial charge in [-0.25, -0.2) is 8.42 Å². The Morgan fingerprint density at radius 1 is 1.38 bits per heavy atom. The summed E-state index contributed by atoms with van der Waals surface area (Å²) in [6.07, 6.45) is 0. The first-order chi connectivity index (χ1) is 12.4. The molecule has 0 amide bonds. The predicted molar refractivity (Wildman–Crippen MR) is 96.7 cm³/mol. The van der Waals surface area contributed by atoms with Crippen LogP contribution in [0, 0.1) is 18.3 Å². The van der Waals surface area contributed by atoms with Gasteiger partial charge in [-0.1, -0.05) is 0 Å². The van der Waals surface area contributed by atoms with Crippen LogP contribution in [0.5, 0.6) is 0 Å². The smallest absolute Gasteiger partial charge is 0.248 e. The summed E-state index contributed by atoms with van der Waals surface area (Å²) in [5.74, 6) is 0.149. The third-order valence-corrected chi connectivity index (χ3v) is 7.39. The lowest BCUT2D eigenvalue weighted by Gasteiger charge is -2.26. The summed E-state index contributed by atoms with van der Waals surface area (Å²) in [4.78, 5) is 14.6. The Kier molecular flexibility index (Phi) is 4.18. The number of sulfonamides is 1. The number of nitrogens with one attached hydrogen (secondary N) is 1. The van der Waals surface area contributed by atoms with Gasteiger partial charge in [-0.2, -0.15) is 4.31 Å². The number of pyridine rings is 1. The van der Waals surface area contributed by atoms with Crippen LogP contribution in [-0.4, -0.2) is 57.7 Å². The van der Waals surface area contributed by atoms with Gasteiger partial charge in [0.05, 0.1) is 24.7 Å². The lowest BCUT2D eigenvalue weighted by molar-refractivity contribution is 0.0601. The summed E-state index contributed by atoms with van der Waals surface area (Å²) in [7, 11) is -1.99. The van der Waals surface area contributed by atoms with Crippen molar-refractivity contribution in [1.82, 2.24) is 9.29 Å². The number of rotatable bonds is 4. The van der Waals surface area contributed by atoms with Crippen LogP contribution in [0.1, 0.15) is 5.56 Å². The number of aromatic nitrogens is 1. The highest BCUT2D eigenvalue weighted by Gasteiger charge is 2.53. The molecule has 0 unspecified atom stereocenters. The van der Waals surface area contributed by atoms with Crippen molar-refractivity contribution >= 4 is 20.9 Å². The highest BCUT2D eigenvalue weighted by atomic mass is 32.2. The largest absolute Gasteiger partial charge is 0.384 e. The second kappa shape index (κ2) is 6.16. The van der Waals surface area contributed by atoms with Gasteiger partial charge in [-0.05, 0) is 30.7 Å². The Morgan fingerprint density at radius 3 is 2.96 bits per heavy atom. The van der Waals surface area contributed by atoms with Gasteiger partial charge in [0.25, 0.3) is 0 Å². The number of benzene rings is 1. The first-order valence-electron chi connectivity index (χ1n) is 8.56. The molecule has 2 saturated heterocycles. The Morgan fingerprint density at radius 2 is 2.19 bits per heavy atom. The number of hydrogen-bond donors (Lipinski definition) is 1. The van der Waals surface area contributed by atoms with Crippen molar-refractivity contribution in [3.8, 4) is 0 Å². The molecule has 26 heavy (non-hydrogen) atoms. The molecule has 7 nitrogen and oxygen atoms in total. The quantitative estimate of drug-likeness (QED) is 0.861. The van der Waals surface area contributed by atoms with Crippen molar-refractivity contribution in [2.24, 2.45) is 11.3 Å². The van der Waals surface area contributed by atoms with E-state index in [9.17, 15) is 13.2 Å². The Bertz CT molecular complexity index is 1020. The van der Waals surface area contributed by atoms with Crippen LogP contribution in [0.4, 0.5) is 0 Å². The van der Waals surface area contributed by atoms with Crippen molar-refractivity contribution in [1.29, 1.82) is 0 Å². The first-order valence-corrected chi connectivity index (χ1v) is 10.0. The van der Waals surface area contributed by atoms with Gasteiger partial charge in [-0.3, -0.25) is 4.79 Å². The zero-order chi connectivity index (χ0) is 18.5. The maximum atomic E-state index is 13.2. The molecule has 2 atom stereocenters. The van der Waals surface area contributed by atoms with Gasteiger partial charge >= 0.3 is 0 Å². The van der Waals surface area contributed by atoms with Crippen LogP contribution < -0.4 is 5.56 Å². The summed E-state index contributed by atoms with van der Waals surface area (Å²) in [6, 6.07) is 6.33. The Labute approximate surface area is 152 Å². The number of methoxy groups -OCH3 is 1. The molecule has 2 aliphatic rings. The molecule has 2 fully saturated rings. The lowest BCUT2D eigenvalue weighted by atomic mass is 9.82. The number of ether oxygens (including phenoxy) is 2. The fourth-order valence-electron chi connectivity index (χ4n) is 4.17. The van der Waals surface area contributed by atoms with Gasteiger partial charge in [0.2, 0.25) is 15.6 Å². The summed E-state index contributed by atoms with van der Waals surface area (Å²) in [5, 5.41) is 0.736. The van der Waals surface area contributed by atoms with E-state index < -0.39 is 10.0 Å². The zero-order valence-corrected chi connectivity index (χ0v) is 15.6. The molecular weight excluding hydrogens is 356 g/mol. The molecule has 0 radical (unpaired) electrons. The maximum absolute atomic E-state index is 13.2.